The van der Waals surface area contributed by atoms with Crippen LogP contribution in [0.2, 0.25) is 0 Å². The molecule has 0 aliphatic carbocycles. The molecule has 0 aromatic heterocycles. The Bertz CT molecular complexity index is 444. The minimum atomic E-state index is -0.213. The molecule has 0 saturated carbocycles. The Morgan fingerprint density at radius 2 is 1.00 bits per heavy atom. The summed E-state index contributed by atoms with van der Waals surface area (Å²) in [5, 5.41) is 0. The van der Waals surface area contributed by atoms with Crippen molar-refractivity contribution in [3.05, 3.63) is 0 Å². The Kier molecular flexibility index (Phi) is 25.6. The summed E-state index contributed by atoms with van der Waals surface area (Å²) in [6.07, 6.45) is 22.0. The van der Waals surface area contributed by atoms with E-state index in [-0.39, 0.29) is 18.4 Å². The van der Waals surface area contributed by atoms with Crippen LogP contribution in [0.5, 0.6) is 0 Å². The van der Waals surface area contributed by atoms with Gasteiger partial charge in [0, 0.05) is 26.6 Å². The molecule has 0 bridgehead atoms. The number of rotatable bonds is 26. The second-order valence-electron chi connectivity index (χ2n) is 9.76. The lowest BCUT2D eigenvalue weighted by atomic mass is 9.96. The number of methoxy groups -OCH3 is 1. The van der Waals surface area contributed by atoms with Crippen LogP contribution in [0, 0.1) is 5.92 Å². The van der Waals surface area contributed by atoms with Crippen LogP contribution in [0.25, 0.3) is 0 Å². The fourth-order valence-corrected chi connectivity index (χ4v) is 4.20. The van der Waals surface area contributed by atoms with Crippen molar-refractivity contribution < 1.29 is 23.8 Å². The molecule has 0 aromatic carbocycles. The summed E-state index contributed by atoms with van der Waals surface area (Å²) in [5.41, 5.74) is 0. The Labute approximate surface area is 211 Å². The topological polar surface area (TPSA) is 61.8 Å². The zero-order chi connectivity index (χ0) is 25.1. The van der Waals surface area contributed by atoms with Gasteiger partial charge in [0.1, 0.15) is 0 Å². The minimum Gasteiger partial charge on any atom is -0.466 e. The van der Waals surface area contributed by atoms with Crippen LogP contribution < -0.4 is 0 Å². The van der Waals surface area contributed by atoms with Crippen molar-refractivity contribution in [1.29, 1.82) is 0 Å². The van der Waals surface area contributed by atoms with E-state index in [9.17, 15) is 9.59 Å². The molecule has 1 unspecified atom stereocenters. The molecule has 0 saturated heterocycles. The van der Waals surface area contributed by atoms with E-state index in [1.54, 1.807) is 7.11 Å². The van der Waals surface area contributed by atoms with E-state index in [4.69, 9.17) is 14.2 Å². The van der Waals surface area contributed by atoms with Gasteiger partial charge < -0.3 is 14.2 Å². The van der Waals surface area contributed by atoms with Crippen LogP contribution in [0.15, 0.2) is 0 Å². The van der Waals surface area contributed by atoms with Gasteiger partial charge in [0.25, 0.3) is 0 Å². The average molecular weight is 485 g/mol. The lowest BCUT2D eigenvalue weighted by Gasteiger charge is -2.16. The minimum absolute atomic E-state index is 0.199. The van der Waals surface area contributed by atoms with Crippen LogP contribution in [-0.2, 0) is 23.8 Å². The zero-order valence-corrected chi connectivity index (χ0v) is 22.9. The normalized spacial score (nSPS) is 12.0. The third kappa shape index (κ3) is 24.0. The Balaban J connectivity index is 3.51. The molecule has 5 nitrogen and oxygen atoms in total. The highest BCUT2D eigenvalue weighted by molar-refractivity contribution is 5.72. The van der Waals surface area contributed by atoms with Crippen molar-refractivity contribution in [3.63, 3.8) is 0 Å². The number of hydrogen-bond acceptors (Lipinski definition) is 5. The molecule has 0 spiro atoms. The molecular formula is C29H56O5. The van der Waals surface area contributed by atoms with Gasteiger partial charge in [-0.2, -0.15) is 0 Å². The van der Waals surface area contributed by atoms with Crippen LogP contribution in [0.1, 0.15) is 142 Å². The van der Waals surface area contributed by atoms with Crippen LogP contribution in [0.4, 0.5) is 0 Å². The first-order chi connectivity index (χ1) is 16.6. The summed E-state index contributed by atoms with van der Waals surface area (Å²) >= 11 is 0. The van der Waals surface area contributed by atoms with Crippen molar-refractivity contribution in [2.75, 3.05) is 26.9 Å². The largest absolute Gasteiger partial charge is 0.466 e. The Morgan fingerprint density at radius 1 is 0.529 bits per heavy atom. The molecule has 5 heteroatoms. The summed E-state index contributed by atoms with van der Waals surface area (Å²) in [6, 6.07) is 0. The van der Waals surface area contributed by atoms with Gasteiger partial charge >= 0.3 is 11.9 Å². The molecule has 0 heterocycles. The van der Waals surface area contributed by atoms with Crippen molar-refractivity contribution in [1.82, 2.24) is 0 Å². The molecule has 0 radical (unpaired) electrons. The third-order valence-electron chi connectivity index (χ3n) is 6.51. The summed E-state index contributed by atoms with van der Waals surface area (Å²) in [6.45, 7) is 6.17. The van der Waals surface area contributed by atoms with Crippen LogP contribution >= 0.6 is 0 Å². The number of hydrogen-bond donors (Lipinski definition) is 0. The number of carbonyl (C=O) groups excluding carboxylic acids is 2. The molecule has 202 valence electrons. The van der Waals surface area contributed by atoms with Gasteiger partial charge in [0.05, 0.1) is 13.2 Å². The van der Waals surface area contributed by atoms with Crippen LogP contribution in [0.3, 0.4) is 0 Å². The number of ether oxygens (including phenoxy) is 3. The lowest BCUT2D eigenvalue weighted by molar-refractivity contribution is -0.145. The molecular weight excluding hydrogens is 428 g/mol. The molecule has 0 amide bonds. The zero-order valence-electron chi connectivity index (χ0n) is 22.9. The van der Waals surface area contributed by atoms with E-state index in [0.717, 1.165) is 38.7 Å². The maximum atomic E-state index is 11.9. The molecule has 34 heavy (non-hydrogen) atoms. The van der Waals surface area contributed by atoms with Gasteiger partial charge in [-0.15, -0.1) is 0 Å². The van der Waals surface area contributed by atoms with Crippen LogP contribution in [-0.4, -0.2) is 38.9 Å². The van der Waals surface area contributed by atoms with E-state index in [1.165, 1.54) is 77.0 Å². The summed E-state index contributed by atoms with van der Waals surface area (Å²) in [7, 11) is 1.72. The fraction of sp³-hybridized carbons (Fsp3) is 0.931. The molecule has 1 atom stereocenters. The molecule has 0 aliphatic heterocycles. The monoisotopic (exact) mass is 484 g/mol. The van der Waals surface area contributed by atoms with E-state index >= 15 is 0 Å². The van der Waals surface area contributed by atoms with Crippen molar-refractivity contribution >= 4 is 11.9 Å². The number of unbranched alkanes of at least 4 members (excludes halogenated alkanes) is 12. The van der Waals surface area contributed by atoms with Gasteiger partial charge in [-0.25, -0.2) is 0 Å². The predicted octanol–water partition coefficient (Wildman–Crippen LogP) is 8.18. The van der Waals surface area contributed by atoms with Crippen molar-refractivity contribution in [3.8, 4) is 0 Å². The quantitative estimate of drug-likeness (QED) is 0.0915. The third-order valence-corrected chi connectivity index (χ3v) is 6.51. The molecule has 0 rings (SSSR count). The standard InChI is InChI=1S/C29H56O5/c1-4-6-8-9-10-11-12-13-14-15-16-17-24-33-28(30)20-18-21-29(31)34-26-23-27(19-7-5-2)22-25-32-3/h27H,4-26H2,1-3H3. The Morgan fingerprint density at radius 3 is 1.53 bits per heavy atom. The second kappa shape index (κ2) is 26.5. The smallest absolute Gasteiger partial charge is 0.305 e. The molecule has 0 aliphatic rings. The first-order valence-corrected chi connectivity index (χ1v) is 14.4. The first-order valence-electron chi connectivity index (χ1n) is 14.4. The highest BCUT2D eigenvalue weighted by Crippen LogP contribution is 2.17. The number of esters is 2. The number of carbonyl (C=O) groups is 2. The lowest BCUT2D eigenvalue weighted by Crippen LogP contribution is -2.12. The van der Waals surface area contributed by atoms with Gasteiger partial charge in [-0.1, -0.05) is 104 Å². The average Bonchev–Trinajstić information content (AvgIpc) is 2.83. The highest BCUT2D eigenvalue weighted by Gasteiger charge is 2.11. The summed E-state index contributed by atoms with van der Waals surface area (Å²) in [4.78, 5) is 23.8. The maximum Gasteiger partial charge on any atom is 0.305 e. The van der Waals surface area contributed by atoms with E-state index in [0.29, 0.717) is 32.0 Å². The van der Waals surface area contributed by atoms with Gasteiger partial charge in [-0.05, 0) is 31.6 Å². The van der Waals surface area contributed by atoms with Gasteiger partial charge in [0.2, 0.25) is 0 Å². The maximum absolute atomic E-state index is 11.9. The molecule has 0 N–H and O–H groups in total. The SMILES string of the molecule is CCCCCCCCCCCCCCOC(=O)CCCC(=O)OCCC(CCCC)CCOC. The van der Waals surface area contributed by atoms with E-state index < -0.39 is 0 Å². The molecule has 0 aromatic rings. The predicted molar refractivity (Wildman–Crippen MR) is 141 cm³/mol. The first kappa shape index (κ1) is 32.9. The van der Waals surface area contributed by atoms with Gasteiger partial charge in [0.15, 0.2) is 0 Å². The molecule has 0 fully saturated rings. The summed E-state index contributed by atoms with van der Waals surface area (Å²) in [5.74, 6) is 0.132. The van der Waals surface area contributed by atoms with E-state index in [1.807, 2.05) is 0 Å². The Hall–Kier alpha value is -1.10. The summed E-state index contributed by atoms with van der Waals surface area (Å²) < 4.78 is 15.8. The van der Waals surface area contributed by atoms with Gasteiger partial charge in [-0.3, -0.25) is 9.59 Å². The highest BCUT2D eigenvalue weighted by atomic mass is 16.5. The van der Waals surface area contributed by atoms with E-state index in [2.05, 4.69) is 13.8 Å². The fourth-order valence-electron chi connectivity index (χ4n) is 4.20. The van der Waals surface area contributed by atoms with Crippen molar-refractivity contribution in [2.24, 2.45) is 5.92 Å². The second-order valence-corrected chi connectivity index (χ2v) is 9.76. The van der Waals surface area contributed by atoms with Crippen molar-refractivity contribution in [2.45, 2.75) is 142 Å².